The molecular weight excluding hydrogens is 529 g/mol. The molecule has 1 aliphatic rings. The van der Waals surface area contributed by atoms with Crippen molar-refractivity contribution in [2.24, 2.45) is 4.99 Å². The highest BCUT2D eigenvalue weighted by molar-refractivity contribution is 14.0. The molecule has 0 radical (unpaired) electrons. The van der Waals surface area contributed by atoms with E-state index in [4.69, 9.17) is 0 Å². The Hall–Kier alpha value is -1.73. The number of sulfonamides is 1. The summed E-state index contributed by atoms with van der Waals surface area (Å²) in [4.78, 5) is 4.59. The van der Waals surface area contributed by atoms with Gasteiger partial charge in [0.1, 0.15) is 12.2 Å². The van der Waals surface area contributed by atoms with Gasteiger partial charge >= 0.3 is 0 Å². The highest BCUT2D eigenvalue weighted by Gasteiger charge is 2.25. The summed E-state index contributed by atoms with van der Waals surface area (Å²) in [5, 5.41) is 14.5. The standard InChI is InChI=1S/C20H31N7O2S.HI/c1-3-19-25-24-16-26(19)14-11-22-20(21-2)23-15-17-7-9-18(10-8-17)30(28,29)27-12-5-4-6-13-27;/h7-10,16H,3-6,11-15H2,1-2H3,(H2,21,22,23);1H. The molecule has 1 fully saturated rings. The number of halogens is 1. The van der Waals surface area contributed by atoms with Gasteiger partial charge in [-0.2, -0.15) is 4.31 Å². The lowest BCUT2D eigenvalue weighted by Gasteiger charge is -2.25. The molecule has 3 rings (SSSR count). The van der Waals surface area contributed by atoms with Crippen LogP contribution in [0.5, 0.6) is 0 Å². The number of benzene rings is 1. The zero-order valence-corrected chi connectivity index (χ0v) is 21.3. The molecule has 0 bridgehead atoms. The fourth-order valence-corrected chi connectivity index (χ4v) is 4.99. The third-order valence-electron chi connectivity index (χ3n) is 5.22. The van der Waals surface area contributed by atoms with Crippen LogP contribution in [0.4, 0.5) is 0 Å². The molecule has 0 aliphatic carbocycles. The van der Waals surface area contributed by atoms with Gasteiger partial charge in [-0.25, -0.2) is 8.42 Å². The summed E-state index contributed by atoms with van der Waals surface area (Å²) in [5.41, 5.74) is 0.989. The van der Waals surface area contributed by atoms with Crippen LogP contribution in [0.25, 0.3) is 0 Å². The average Bonchev–Trinajstić information content (AvgIpc) is 3.24. The first-order valence-electron chi connectivity index (χ1n) is 10.4. The minimum atomic E-state index is -3.39. The zero-order valence-electron chi connectivity index (χ0n) is 18.1. The van der Waals surface area contributed by atoms with Crippen molar-refractivity contribution in [3.63, 3.8) is 0 Å². The molecule has 0 atom stereocenters. The Morgan fingerprint density at radius 1 is 1.13 bits per heavy atom. The van der Waals surface area contributed by atoms with Crippen molar-refractivity contribution in [3.8, 4) is 0 Å². The van der Waals surface area contributed by atoms with Gasteiger partial charge in [0.25, 0.3) is 0 Å². The lowest BCUT2D eigenvalue weighted by atomic mass is 10.2. The minimum absolute atomic E-state index is 0. The Bertz CT molecular complexity index is 939. The molecule has 2 aromatic rings. The maximum absolute atomic E-state index is 12.7. The van der Waals surface area contributed by atoms with Gasteiger partial charge in [0, 0.05) is 46.2 Å². The van der Waals surface area contributed by atoms with Gasteiger partial charge in [-0.15, -0.1) is 34.2 Å². The topological polar surface area (TPSA) is 105 Å². The van der Waals surface area contributed by atoms with E-state index >= 15 is 0 Å². The molecule has 2 N–H and O–H groups in total. The summed E-state index contributed by atoms with van der Waals surface area (Å²) in [7, 11) is -1.67. The fourth-order valence-electron chi connectivity index (χ4n) is 3.47. The fraction of sp³-hybridized carbons (Fsp3) is 0.550. The third kappa shape index (κ3) is 6.88. The number of nitrogens with zero attached hydrogens (tertiary/aromatic N) is 5. The van der Waals surface area contributed by atoms with E-state index in [0.29, 0.717) is 37.0 Å². The molecule has 2 heterocycles. The zero-order chi connectivity index (χ0) is 21.4. The van der Waals surface area contributed by atoms with E-state index in [0.717, 1.165) is 43.6 Å². The molecule has 1 saturated heterocycles. The van der Waals surface area contributed by atoms with Gasteiger partial charge in [-0.3, -0.25) is 4.99 Å². The summed E-state index contributed by atoms with van der Waals surface area (Å²) in [6, 6.07) is 7.08. The summed E-state index contributed by atoms with van der Waals surface area (Å²) in [6.45, 7) is 5.27. The maximum Gasteiger partial charge on any atom is 0.243 e. The third-order valence-corrected chi connectivity index (χ3v) is 7.13. The van der Waals surface area contributed by atoms with E-state index in [-0.39, 0.29) is 24.0 Å². The smallest absolute Gasteiger partial charge is 0.243 e. The normalized spacial score (nSPS) is 15.4. The Balaban J connectivity index is 0.00000341. The number of rotatable bonds is 8. The number of hydrogen-bond acceptors (Lipinski definition) is 5. The van der Waals surface area contributed by atoms with Crippen LogP contribution in [0, 0.1) is 0 Å². The lowest BCUT2D eigenvalue weighted by molar-refractivity contribution is 0.346. The molecule has 9 nitrogen and oxygen atoms in total. The van der Waals surface area contributed by atoms with Crippen molar-refractivity contribution >= 4 is 40.0 Å². The van der Waals surface area contributed by atoms with Crippen LogP contribution in [0.15, 0.2) is 40.5 Å². The number of aliphatic imine (C=N–C) groups is 1. The average molecular weight is 561 g/mol. The van der Waals surface area contributed by atoms with Gasteiger partial charge in [-0.1, -0.05) is 25.5 Å². The Morgan fingerprint density at radius 3 is 2.48 bits per heavy atom. The lowest BCUT2D eigenvalue weighted by Crippen LogP contribution is -2.38. The molecule has 11 heteroatoms. The van der Waals surface area contributed by atoms with Crippen molar-refractivity contribution in [2.45, 2.75) is 50.6 Å². The number of nitrogens with one attached hydrogen (secondary N) is 2. The van der Waals surface area contributed by atoms with Crippen LogP contribution >= 0.6 is 24.0 Å². The predicted octanol–water partition coefficient (Wildman–Crippen LogP) is 2.00. The minimum Gasteiger partial charge on any atom is -0.355 e. The second kappa shape index (κ2) is 12.3. The van der Waals surface area contributed by atoms with Crippen molar-refractivity contribution in [1.82, 2.24) is 29.7 Å². The SMILES string of the molecule is CCc1nncn1CCNC(=NC)NCc1ccc(S(=O)(=O)N2CCCCC2)cc1.I. The van der Waals surface area contributed by atoms with Gasteiger partial charge in [0.15, 0.2) is 5.96 Å². The van der Waals surface area contributed by atoms with E-state index in [1.54, 1.807) is 29.8 Å². The Kier molecular flexibility index (Phi) is 10.2. The van der Waals surface area contributed by atoms with Gasteiger partial charge in [-0.05, 0) is 30.5 Å². The van der Waals surface area contributed by atoms with Crippen molar-refractivity contribution in [1.29, 1.82) is 0 Å². The van der Waals surface area contributed by atoms with Crippen LogP contribution in [0.2, 0.25) is 0 Å². The van der Waals surface area contributed by atoms with Crippen molar-refractivity contribution in [2.75, 3.05) is 26.7 Å². The second-order valence-corrected chi connectivity index (χ2v) is 9.19. The van der Waals surface area contributed by atoms with E-state index in [2.05, 4.69) is 32.7 Å². The van der Waals surface area contributed by atoms with Gasteiger partial charge < -0.3 is 15.2 Å². The summed E-state index contributed by atoms with van der Waals surface area (Å²) >= 11 is 0. The van der Waals surface area contributed by atoms with Crippen molar-refractivity contribution in [3.05, 3.63) is 42.0 Å². The maximum atomic E-state index is 12.7. The number of hydrogen-bond donors (Lipinski definition) is 2. The van der Waals surface area contributed by atoms with Crippen LogP contribution < -0.4 is 10.6 Å². The van der Waals surface area contributed by atoms with Crippen LogP contribution in [-0.4, -0.2) is 60.1 Å². The largest absolute Gasteiger partial charge is 0.355 e. The van der Waals surface area contributed by atoms with Crippen LogP contribution in [0.1, 0.15) is 37.6 Å². The van der Waals surface area contributed by atoms with E-state index in [1.807, 2.05) is 16.7 Å². The molecule has 172 valence electrons. The quantitative estimate of drug-likeness (QED) is 0.290. The first kappa shape index (κ1) is 25.5. The summed E-state index contributed by atoms with van der Waals surface area (Å²) in [5.74, 6) is 1.64. The Labute approximate surface area is 201 Å². The summed E-state index contributed by atoms with van der Waals surface area (Å²) in [6.07, 6.45) is 5.55. The molecule has 1 aliphatic heterocycles. The number of aryl methyl sites for hydroxylation is 1. The van der Waals surface area contributed by atoms with E-state index in [9.17, 15) is 8.42 Å². The molecule has 0 saturated carbocycles. The molecular formula is C20H32IN7O2S. The first-order chi connectivity index (χ1) is 14.5. The predicted molar refractivity (Wildman–Crippen MR) is 132 cm³/mol. The molecule has 0 unspecified atom stereocenters. The molecule has 31 heavy (non-hydrogen) atoms. The van der Waals surface area contributed by atoms with Crippen LogP contribution in [-0.2, 0) is 29.5 Å². The monoisotopic (exact) mass is 561 g/mol. The van der Waals surface area contributed by atoms with Crippen LogP contribution in [0.3, 0.4) is 0 Å². The number of aromatic nitrogens is 3. The van der Waals surface area contributed by atoms with Gasteiger partial charge in [0.2, 0.25) is 10.0 Å². The van der Waals surface area contributed by atoms with E-state index < -0.39 is 10.0 Å². The van der Waals surface area contributed by atoms with Gasteiger partial charge in [0.05, 0.1) is 4.90 Å². The summed E-state index contributed by atoms with van der Waals surface area (Å²) < 4.78 is 29.1. The Morgan fingerprint density at radius 2 is 1.84 bits per heavy atom. The number of piperidine rings is 1. The molecule has 1 aromatic carbocycles. The number of guanidine groups is 1. The molecule has 0 amide bonds. The van der Waals surface area contributed by atoms with E-state index in [1.165, 1.54) is 0 Å². The highest BCUT2D eigenvalue weighted by Crippen LogP contribution is 2.20. The first-order valence-corrected chi connectivity index (χ1v) is 11.9. The molecule has 1 aromatic heterocycles. The molecule has 0 spiro atoms. The highest BCUT2D eigenvalue weighted by atomic mass is 127. The second-order valence-electron chi connectivity index (χ2n) is 7.26. The van der Waals surface area contributed by atoms with Crippen molar-refractivity contribution < 1.29 is 8.42 Å².